The van der Waals surface area contributed by atoms with Crippen LogP contribution in [0.3, 0.4) is 0 Å². The van der Waals surface area contributed by atoms with Crippen LogP contribution < -0.4 is 4.74 Å². The summed E-state index contributed by atoms with van der Waals surface area (Å²) >= 11 is 0. The summed E-state index contributed by atoms with van der Waals surface area (Å²) in [6, 6.07) is 14.6. The van der Waals surface area contributed by atoms with Gasteiger partial charge in [-0.3, -0.25) is 4.90 Å². The number of hydrogen-bond donors (Lipinski definition) is 1. The molecular formula is C29H25FN8O4. The van der Waals surface area contributed by atoms with Crippen LogP contribution in [-0.2, 0) is 37.5 Å². The third kappa shape index (κ3) is 5.40. The van der Waals surface area contributed by atoms with Crippen LogP contribution in [0, 0.1) is 17.1 Å². The first-order valence-electron chi connectivity index (χ1n) is 13.1. The van der Waals surface area contributed by atoms with Crippen LogP contribution in [-0.4, -0.2) is 59.0 Å². The fraction of sp³-hybridized carbons (Fsp3) is 0.241. The molecule has 1 N–H and O–H groups in total. The zero-order valence-corrected chi connectivity index (χ0v) is 22.6. The summed E-state index contributed by atoms with van der Waals surface area (Å²) in [5, 5.41) is 23.0. The number of halogens is 1. The number of carbonyl (C=O) groups is 1. The number of aromatic nitrogens is 6. The molecule has 12 nitrogen and oxygen atoms in total. The molecule has 1 aromatic carbocycles. The smallest absolute Gasteiger partial charge is 0.354 e. The number of nitrogens with zero attached hydrogens (tertiary/aromatic N) is 8. The van der Waals surface area contributed by atoms with Crippen molar-refractivity contribution in [2.75, 3.05) is 13.7 Å². The molecule has 0 aliphatic carbocycles. The van der Waals surface area contributed by atoms with E-state index in [1.54, 1.807) is 36.1 Å². The Hall–Kier alpha value is -5.19. The molecule has 0 radical (unpaired) electrons. The maximum Gasteiger partial charge on any atom is 0.354 e. The molecule has 4 aromatic heterocycles. The number of carboxylic acid groups (broad SMARTS) is 1. The number of fused-ring (bicyclic) bond motifs is 2. The van der Waals surface area contributed by atoms with E-state index in [0.717, 1.165) is 17.1 Å². The van der Waals surface area contributed by atoms with E-state index >= 15 is 0 Å². The standard InChI is InChI=1S/C29H25FN8O4/c1-41-10-9-37-26(32-22-7-8-23(29(39)40)33-28(22)37)16-36-13-20-14-38(35-24(20)15-36)25-3-2-4-27(34-25)42-17-19-6-5-18(12-31)11-21(19)30/h2-8,11,14H,9-10,13,15-17H2,1H3,(H,39,40). The average Bonchev–Trinajstić information content (AvgIpc) is 3.66. The Morgan fingerprint density at radius 3 is 2.79 bits per heavy atom. The summed E-state index contributed by atoms with van der Waals surface area (Å²) in [5.41, 5.74) is 3.64. The zero-order valence-electron chi connectivity index (χ0n) is 22.6. The van der Waals surface area contributed by atoms with Gasteiger partial charge in [0.1, 0.15) is 23.8 Å². The van der Waals surface area contributed by atoms with E-state index in [2.05, 4.69) is 14.9 Å². The fourth-order valence-electron chi connectivity index (χ4n) is 4.85. The van der Waals surface area contributed by atoms with Gasteiger partial charge in [-0.15, -0.1) is 0 Å². The van der Waals surface area contributed by atoms with Gasteiger partial charge >= 0.3 is 5.97 Å². The summed E-state index contributed by atoms with van der Waals surface area (Å²) < 4.78 is 28.8. The second-order valence-corrected chi connectivity index (χ2v) is 9.75. The van der Waals surface area contributed by atoms with Crippen LogP contribution in [0.15, 0.2) is 54.7 Å². The molecule has 6 rings (SSSR count). The van der Waals surface area contributed by atoms with Gasteiger partial charge in [0, 0.05) is 50.1 Å². The van der Waals surface area contributed by atoms with Gasteiger partial charge < -0.3 is 19.1 Å². The third-order valence-corrected chi connectivity index (χ3v) is 6.92. The summed E-state index contributed by atoms with van der Waals surface area (Å²) in [6.45, 7) is 2.66. The van der Waals surface area contributed by atoms with Crippen molar-refractivity contribution in [2.24, 2.45) is 0 Å². The molecule has 0 unspecified atom stereocenters. The largest absolute Gasteiger partial charge is 0.477 e. The van der Waals surface area contributed by atoms with Gasteiger partial charge in [0.25, 0.3) is 0 Å². The van der Waals surface area contributed by atoms with E-state index < -0.39 is 11.8 Å². The van der Waals surface area contributed by atoms with Crippen molar-refractivity contribution in [1.82, 2.24) is 34.2 Å². The van der Waals surface area contributed by atoms with Crippen molar-refractivity contribution in [3.63, 3.8) is 0 Å². The zero-order chi connectivity index (χ0) is 29.2. The van der Waals surface area contributed by atoms with Crippen molar-refractivity contribution in [1.29, 1.82) is 5.26 Å². The Labute approximate surface area is 239 Å². The predicted octanol–water partition coefficient (Wildman–Crippen LogP) is 3.46. The average molecular weight is 569 g/mol. The van der Waals surface area contributed by atoms with Gasteiger partial charge in [-0.05, 0) is 30.3 Å². The molecule has 13 heteroatoms. The van der Waals surface area contributed by atoms with Crippen LogP contribution in [0.2, 0.25) is 0 Å². The van der Waals surface area contributed by atoms with Crippen LogP contribution in [0.1, 0.15) is 38.7 Å². The Balaban J connectivity index is 1.15. The second kappa shape index (κ2) is 11.4. The van der Waals surface area contributed by atoms with Crippen LogP contribution in [0.25, 0.3) is 17.0 Å². The van der Waals surface area contributed by atoms with Crippen molar-refractivity contribution in [3.05, 3.63) is 94.4 Å². The fourth-order valence-corrected chi connectivity index (χ4v) is 4.85. The van der Waals surface area contributed by atoms with E-state index in [9.17, 15) is 14.3 Å². The van der Waals surface area contributed by atoms with E-state index in [4.69, 9.17) is 24.8 Å². The Bertz CT molecular complexity index is 1820. The molecule has 42 heavy (non-hydrogen) atoms. The topological polar surface area (TPSA) is 144 Å². The molecular weight excluding hydrogens is 543 g/mol. The molecule has 212 valence electrons. The maximum absolute atomic E-state index is 14.2. The minimum Gasteiger partial charge on any atom is -0.477 e. The minimum atomic E-state index is -1.09. The number of ether oxygens (including phenoxy) is 2. The minimum absolute atomic E-state index is 0.0269. The second-order valence-electron chi connectivity index (χ2n) is 9.75. The summed E-state index contributed by atoms with van der Waals surface area (Å²) in [4.78, 5) is 27.2. The third-order valence-electron chi connectivity index (χ3n) is 6.92. The molecule has 1 aliphatic heterocycles. The van der Waals surface area contributed by atoms with E-state index in [-0.39, 0.29) is 17.9 Å². The number of pyridine rings is 2. The normalized spacial score (nSPS) is 12.9. The van der Waals surface area contributed by atoms with Gasteiger partial charge in [0.05, 0.1) is 30.5 Å². The summed E-state index contributed by atoms with van der Waals surface area (Å²) in [5.74, 6) is 0.0549. The number of nitriles is 1. The number of methoxy groups -OCH3 is 1. The molecule has 0 fully saturated rings. The number of imidazole rings is 1. The lowest BCUT2D eigenvalue weighted by Crippen LogP contribution is -2.21. The monoisotopic (exact) mass is 568 g/mol. The van der Waals surface area contributed by atoms with Crippen LogP contribution in [0.4, 0.5) is 4.39 Å². The quantitative estimate of drug-likeness (QED) is 0.266. The van der Waals surface area contributed by atoms with Crippen molar-refractivity contribution in [2.45, 2.75) is 32.8 Å². The number of carboxylic acids is 1. The molecule has 0 spiro atoms. The number of hydrogen-bond acceptors (Lipinski definition) is 9. The molecule has 5 heterocycles. The van der Waals surface area contributed by atoms with E-state index in [1.165, 1.54) is 18.2 Å². The Morgan fingerprint density at radius 2 is 2.02 bits per heavy atom. The van der Waals surface area contributed by atoms with Gasteiger partial charge in [0.15, 0.2) is 17.2 Å². The van der Waals surface area contributed by atoms with Crippen molar-refractivity contribution >= 4 is 17.1 Å². The summed E-state index contributed by atoms with van der Waals surface area (Å²) in [7, 11) is 1.61. The van der Waals surface area contributed by atoms with Gasteiger partial charge in [-0.1, -0.05) is 12.1 Å². The lowest BCUT2D eigenvalue weighted by atomic mass is 10.1. The maximum atomic E-state index is 14.2. The Kier molecular flexibility index (Phi) is 7.30. The van der Waals surface area contributed by atoms with Crippen LogP contribution in [0.5, 0.6) is 5.88 Å². The first-order valence-corrected chi connectivity index (χ1v) is 13.1. The SMILES string of the molecule is COCCn1c(CN2Cc3cn(-c4cccc(OCc5ccc(C#N)cc5F)n4)nc3C2)nc2ccc(C(=O)O)nc21. The number of aromatic carboxylic acids is 1. The Morgan fingerprint density at radius 1 is 1.14 bits per heavy atom. The van der Waals surface area contributed by atoms with Crippen molar-refractivity contribution in [3.8, 4) is 17.8 Å². The predicted molar refractivity (Wildman–Crippen MR) is 146 cm³/mol. The van der Waals surface area contributed by atoms with Crippen LogP contribution >= 0.6 is 0 Å². The first kappa shape index (κ1) is 27.0. The van der Waals surface area contributed by atoms with E-state index in [1.807, 2.05) is 22.9 Å². The molecule has 0 saturated carbocycles. The molecule has 0 amide bonds. The lowest BCUT2D eigenvalue weighted by Gasteiger charge is -2.16. The number of benzene rings is 1. The van der Waals surface area contributed by atoms with Gasteiger partial charge in [-0.25, -0.2) is 23.8 Å². The lowest BCUT2D eigenvalue weighted by molar-refractivity contribution is 0.0691. The highest BCUT2D eigenvalue weighted by Crippen LogP contribution is 2.26. The summed E-state index contributed by atoms with van der Waals surface area (Å²) in [6.07, 6.45) is 1.93. The number of rotatable bonds is 10. The molecule has 0 atom stereocenters. The van der Waals surface area contributed by atoms with E-state index in [0.29, 0.717) is 61.2 Å². The molecule has 0 bridgehead atoms. The molecule has 1 aliphatic rings. The van der Waals surface area contributed by atoms with Gasteiger partial charge in [0.2, 0.25) is 5.88 Å². The van der Waals surface area contributed by atoms with Crippen molar-refractivity contribution < 1.29 is 23.8 Å². The molecule has 5 aromatic rings. The highest BCUT2D eigenvalue weighted by Gasteiger charge is 2.26. The molecule has 0 saturated heterocycles. The highest BCUT2D eigenvalue weighted by atomic mass is 19.1. The first-order chi connectivity index (χ1) is 20.4. The van der Waals surface area contributed by atoms with Gasteiger partial charge in [-0.2, -0.15) is 15.3 Å². The highest BCUT2D eigenvalue weighted by molar-refractivity contribution is 5.88.